The van der Waals surface area contributed by atoms with Crippen LogP contribution in [0.2, 0.25) is 0 Å². The Hall–Kier alpha value is -2.74. The fourth-order valence-corrected chi connectivity index (χ4v) is 6.17. The van der Waals surface area contributed by atoms with E-state index in [9.17, 15) is 13.2 Å². The first-order valence-electron chi connectivity index (χ1n) is 8.96. The van der Waals surface area contributed by atoms with Gasteiger partial charge in [-0.1, -0.05) is 17.7 Å². The lowest BCUT2D eigenvalue weighted by molar-refractivity contribution is -0.116. The van der Waals surface area contributed by atoms with E-state index < -0.39 is 20.7 Å². The lowest BCUT2D eigenvalue weighted by atomic mass is 10.2. The van der Waals surface area contributed by atoms with Crippen molar-refractivity contribution in [3.05, 3.63) is 48.0 Å². The van der Waals surface area contributed by atoms with Crippen molar-refractivity contribution in [1.82, 2.24) is 0 Å². The molecule has 2 aromatic rings. The Kier molecular flexibility index (Phi) is 4.26. The molecule has 0 unspecified atom stereocenters. The number of carbonyl (C=O) groups is 1. The Balaban J connectivity index is 1.61. The molecule has 2 atom stereocenters. The van der Waals surface area contributed by atoms with Crippen LogP contribution in [0.5, 0.6) is 11.5 Å². The van der Waals surface area contributed by atoms with Crippen LogP contribution in [-0.4, -0.2) is 39.8 Å². The molecule has 0 bridgehead atoms. The highest BCUT2D eigenvalue weighted by molar-refractivity contribution is 7.95. The smallest absolute Gasteiger partial charge is 0.250 e. The largest absolute Gasteiger partial charge is 0.497 e. The summed E-state index contributed by atoms with van der Waals surface area (Å²) >= 11 is 0. The van der Waals surface area contributed by atoms with Crippen LogP contribution in [0.1, 0.15) is 12.0 Å². The average molecular weight is 402 g/mol. The van der Waals surface area contributed by atoms with Crippen LogP contribution in [-0.2, 0) is 14.8 Å². The Labute approximate surface area is 164 Å². The summed E-state index contributed by atoms with van der Waals surface area (Å²) < 4.78 is 36.9. The number of aryl methyl sites for hydroxylation is 1. The summed E-state index contributed by atoms with van der Waals surface area (Å²) in [6.07, 6.45) is 0.335. The van der Waals surface area contributed by atoms with E-state index in [1.54, 1.807) is 30.3 Å². The highest BCUT2D eigenvalue weighted by Gasteiger charge is 2.75. The Morgan fingerprint density at radius 3 is 2.50 bits per heavy atom. The second-order valence-electron chi connectivity index (χ2n) is 7.18. The van der Waals surface area contributed by atoms with E-state index in [1.165, 1.54) is 18.5 Å². The van der Waals surface area contributed by atoms with E-state index in [0.717, 1.165) is 5.56 Å². The Morgan fingerprint density at radius 1 is 1.14 bits per heavy atom. The second-order valence-corrected chi connectivity index (χ2v) is 9.30. The minimum atomic E-state index is -3.82. The van der Waals surface area contributed by atoms with Crippen LogP contribution < -0.4 is 19.1 Å². The zero-order valence-corrected chi connectivity index (χ0v) is 16.7. The molecule has 8 heteroatoms. The van der Waals surface area contributed by atoms with Gasteiger partial charge in [0.2, 0.25) is 15.9 Å². The van der Waals surface area contributed by atoms with E-state index in [0.29, 0.717) is 35.8 Å². The van der Waals surface area contributed by atoms with E-state index in [-0.39, 0.29) is 5.92 Å². The van der Waals surface area contributed by atoms with Gasteiger partial charge in [-0.05, 0) is 37.6 Å². The maximum atomic E-state index is 13.2. The molecule has 1 aliphatic carbocycles. The second kappa shape index (κ2) is 6.41. The van der Waals surface area contributed by atoms with Crippen molar-refractivity contribution >= 4 is 27.3 Å². The summed E-state index contributed by atoms with van der Waals surface area (Å²) in [5.41, 5.74) is 2.05. The van der Waals surface area contributed by atoms with Crippen LogP contribution in [0.15, 0.2) is 42.5 Å². The van der Waals surface area contributed by atoms with E-state index in [2.05, 4.69) is 5.32 Å². The van der Waals surface area contributed by atoms with Crippen molar-refractivity contribution in [3.8, 4) is 11.5 Å². The number of benzene rings is 2. The SMILES string of the molecule is COc1ccc(NC(=O)[C@]23C[C@@H]2CN(c2ccc(C)cc2)S3(=O)=O)c(OC)c1. The molecule has 0 radical (unpaired) electrons. The monoisotopic (exact) mass is 402 g/mol. The third-order valence-corrected chi connectivity index (χ3v) is 8.10. The lowest BCUT2D eigenvalue weighted by Gasteiger charge is -2.23. The van der Waals surface area contributed by atoms with Crippen molar-refractivity contribution in [1.29, 1.82) is 0 Å². The van der Waals surface area contributed by atoms with Gasteiger partial charge in [-0.25, -0.2) is 8.42 Å². The quantitative estimate of drug-likeness (QED) is 0.831. The number of sulfonamides is 1. The van der Waals surface area contributed by atoms with Crippen LogP contribution in [0, 0.1) is 12.8 Å². The van der Waals surface area contributed by atoms with E-state index >= 15 is 0 Å². The van der Waals surface area contributed by atoms with Gasteiger partial charge in [0.15, 0.2) is 4.75 Å². The number of anilines is 2. The van der Waals surface area contributed by atoms with E-state index in [4.69, 9.17) is 9.47 Å². The maximum absolute atomic E-state index is 13.2. The number of hydrogen-bond donors (Lipinski definition) is 1. The number of nitrogens with zero attached hydrogens (tertiary/aromatic N) is 1. The first-order chi connectivity index (χ1) is 13.3. The summed E-state index contributed by atoms with van der Waals surface area (Å²) in [7, 11) is -0.802. The third kappa shape index (κ3) is 2.63. The van der Waals surface area contributed by atoms with Crippen LogP contribution in [0.3, 0.4) is 0 Å². The molecule has 1 amide bonds. The number of hydrogen-bond acceptors (Lipinski definition) is 5. The van der Waals surface area contributed by atoms with Crippen molar-refractivity contribution in [2.75, 3.05) is 30.4 Å². The summed E-state index contributed by atoms with van der Waals surface area (Å²) in [5, 5.41) is 2.75. The third-order valence-electron chi connectivity index (χ3n) is 5.55. The number of methoxy groups -OCH3 is 2. The average Bonchev–Trinajstić information content (AvgIpc) is 3.38. The number of carbonyl (C=O) groups excluding carboxylic acids is 1. The first-order valence-corrected chi connectivity index (χ1v) is 10.4. The molecule has 1 saturated heterocycles. The molecule has 148 valence electrons. The molecule has 1 heterocycles. The van der Waals surface area contributed by atoms with E-state index in [1.807, 2.05) is 19.1 Å². The van der Waals surface area contributed by atoms with Crippen molar-refractivity contribution in [3.63, 3.8) is 0 Å². The van der Waals surface area contributed by atoms with Gasteiger partial charge in [-0.15, -0.1) is 0 Å². The highest BCUT2D eigenvalue weighted by atomic mass is 32.2. The zero-order valence-electron chi connectivity index (χ0n) is 15.9. The molecule has 7 nitrogen and oxygen atoms in total. The van der Waals surface area contributed by atoms with Gasteiger partial charge in [0.25, 0.3) is 0 Å². The van der Waals surface area contributed by atoms with Gasteiger partial charge < -0.3 is 14.8 Å². The fourth-order valence-electron chi connectivity index (χ4n) is 3.81. The molecule has 28 heavy (non-hydrogen) atoms. The predicted molar refractivity (Wildman–Crippen MR) is 106 cm³/mol. The molecule has 2 fully saturated rings. The summed E-state index contributed by atoms with van der Waals surface area (Å²) in [6, 6.07) is 12.2. The van der Waals surface area contributed by atoms with Crippen LogP contribution >= 0.6 is 0 Å². The van der Waals surface area contributed by atoms with Gasteiger partial charge >= 0.3 is 0 Å². The number of rotatable bonds is 5. The molecule has 0 aromatic heterocycles. The van der Waals surface area contributed by atoms with Crippen molar-refractivity contribution < 1.29 is 22.7 Å². The number of fused-ring (bicyclic) bond motifs is 1. The van der Waals surface area contributed by atoms with Crippen molar-refractivity contribution in [2.24, 2.45) is 5.92 Å². The molecule has 1 aliphatic heterocycles. The van der Waals surface area contributed by atoms with Crippen LogP contribution in [0.4, 0.5) is 11.4 Å². The minimum Gasteiger partial charge on any atom is -0.497 e. The predicted octanol–water partition coefficient (Wildman–Crippen LogP) is 2.56. The first kappa shape index (κ1) is 18.6. The number of nitrogens with one attached hydrogen (secondary N) is 1. The molecule has 1 saturated carbocycles. The van der Waals surface area contributed by atoms with Crippen LogP contribution in [0.25, 0.3) is 0 Å². The molecule has 1 N–H and O–H groups in total. The lowest BCUT2D eigenvalue weighted by Crippen LogP contribution is -2.42. The number of amides is 1. The van der Waals surface area contributed by atoms with Gasteiger partial charge in [0, 0.05) is 18.5 Å². The summed E-state index contributed by atoms with van der Waals surface area (Å²) in [4.78, 5) is 13.0. The topological polar surface area (TPSA) is 84.9 Å². The number of ether oxygens (including phenoxy) is 2. The van der Waals surface area contributed by atoms with Gasteiger partial charge in [0.05, 0.1) is 25.6 Å². The Morgan fingerprint density at radius 2 is 1.86 bits per heavy atom. The standard InChI is InChI=1S/C20H22N2O5S/c1-13-4-6-15(7-5-13)22-12-14-11-20(14,28(22,24)25)19(23)21-17-9-8-16(26-2)10-18(17)27-3/h4-10,14H,11-12H2,1-3H3,(H,21,23)/t14-,20+/m1/s1. The molecular weight excluding hydrogens is 380 g/mol. The molecule has 2 aromatic carbocycles. The zero-order chi connectivity index (χ0) is 20.1. The Bertz CT molecular complexity index is 1040. The van der Waals surface area contributed by atoms with Gasteiger partial charge in [-0.3, -0.25) is 9.10 Å². The summed E-state index contributed by atoms with van der Waals surface area (Å²) in [6.45, 7) is 2.26. The fraction of sp³-hybridized carbons (Fsp3) is 0.350. The molecular formula is C20H22N2O5S. The maximum Gasteiger partial charge on any atom is 0.250 e. The molecule has 4 rings (SSSR count). The summed E-state index contributed by atoms with van der Waals surface area (Å²) in [5.74, 6) is 0.252. The van der Waals surface area contributed by atoms with Gasteiger partial charge in [-0.2, -0.15) is 0 Å². The minimum absolute atomic E-state index is 0.219. The highest BCUT2D eigenvalue weighted by Crippen LogP contribution is 2.58. The normalized spacial score (nSPS) is 24.4. The molecule has 0 spiro atoms. The van der Waals surface area contributed by atoms with Crippen molar-refractivity contribution in [2.45, 2.75) is 18.1 Å². The van der Waals surface area contributed by atoms with Gasteiger partial charge in [0.1, 0.15) is 11.5 Å². The molecule has 2 aliphatic rings.